The molecule has 1 aromatic carbocycles. The average molecular weight is 424 g/mol. The molecule has 0 fully saturated rings. The van der Waals surface area contributed by atoms with Crippen LogP contribution < -0.4 is 15.9 Å². The second-order valence-corrected chi connectivity index (χ2v) is 6.08. The van der Waals surface area contributed by atoms with E-state index in [1.165, 1.54) is 13.0 Å². The summed E-state index contributed by atoms with van der Waals surface area (Å²) in [6.07, 6.45) is -5.01. The summed E-state index contributed by atoms with van der Waals surface area (Å²) in [7, 11) is 0. The first-order valence-corrected chi connectivity index (χ1v) is 8.13. The van der Waals surface area contributed by atoms with Crippen LogP contribution in [0.3, 0.4) is 0 Å². The second-order valence-electron chi connectivity index (χ2n) is 5.64. The van der Waals surface area contributed by atoms with Crippen LogP contribution in [0.4, 0.5) is 13.2 Å². The quantitative estimate of drug-likeness (QED) is 0.692. The van der Waals surface area contributed by atoms with Gasteiger partial charge in [0.1, 0.15) is 11.6 Å². The van der Waals surface area contributed by atoms with Gasteiger partial charge in [-0.15, -0.1) is 0 Å². The normalized spacial score (nSPS) is 11.2. The monoisotopic (exact) mass is 423 g/mol. The second kappa shape index (κ2) is 7.40. The summed E-state index contributed by atoms with van der Waals surface area (Å²) in [5, 5.41) is 14.7. The van der Waals surface area contributed by atoms with Crippen LogP contribution in [-0.2, 0) is 6.18 Å². The van der Waals surface area contributed by atoms with Crippen LogP contribution in [-0.4, -0.2) is 19.7 Å². The molecule has 3 rings (SSSR count). The third-order valence-electron chi connectivity index (χ3n) is 3.59. The first-order valence-electron chi connectivity index (χ1n) is 7.75. The lowest BCUT2D eigenvalue weighted by Crippen LogP contribution is -2.29. The standard InChI is InChI=1S/C17H9ClF3N5O3/c1-8-23-15(17(19,20)21)14(29-11-5-9(7-22)4-10(18)6-11)16(28)26(8)12-2-3-13(27)25-24-12/h2-6H,1H3,(H,25,27). The molecular formula is C17H9ClF3N5O3. The molecule has 1 N–H and O–H groups in total. The van der Waals surface area contributed by atoms with Crippen LogP contribution in [0, 0.1) is 18.3 Å². The Morgan fingerprint density at radius 3 is 2.55 bits per heavy atom. The number of nitrogens with zero attached hydrogens (tertiary/aromatic N) is 4. The van der Waals surface area contributed by atoms with Crippen molar-refractivity contribution in [1.29, 1.82) is 5.26 Å². The number of hydrogen-bond donors (Lipinski definition) is 1. The van der Waals surface area contributed by atoms with E-state index in [-0.39, 0.29) is 28.0 Å². The number of aryl methyl sites for hydroxylation is 1. The third kappa shape index (κ3) is 4.12. The van der Waals surface area contributed by atoms with Crippen LogP contribution in [0.25, 0.3) is 5.82 Å². The highest BCUT2D eigenvalue weighted by molar-refractivity contribution is 6.30. The van der Waals surface area contributed by atoms with Crippen molar-refractivity contribution < 1.29 is 17.9 Å². The Morgan fingerprint density at radius 2 is 1.97 bits per heavy atom. The number of rotatable bonds is 3. The third-order valence-corrected chi connectivity index (χ3v) is 3.81. The predicted octanol–water partition coefficient (Wildman–Crippen LogP) is 2.96. The van der Waals surface area contributed by atoms with Gasteiger partial charge in [0.2, 0.25) is 5.75 Å². The molecule has 0 amide bonds. The topological polar surface area (TPSA) is 114 Å². The molecule has 0 bridgehead atoms. The van der Waals surface area contributed by atoms with E-state index in [1.54, 1.807) is 6.07 Å². The van der Waals surface area contributed by atoms with Crippen LogP contribution >= 0.6 is 11.6 Å². The molecule has 8 nitrogen and oxygen atoms in total. The molecule has 2 aromatic heterocycles. The summed E-state index contributed by atoms with van der Waals surface area (Å²) in [6, 6.07) is 7.49. The van der Waals surface area contributed by atoms with Gasteiger partial charge in [-0.05, 0) is 31.2 Å². The summed E-state index contributed by atoms with van der Waals surface area (Å²) < 4.78 is 46.4. The molecule has 2 heterocycles. The molecule has 0 spiro atoms. The van der Waals surface area contributed by atoms with Gasteiger partial charge >= 0.3 is 11.7 Å². The van der Waals surface area contributed by atoms with Crippen molar-refractivity contribution in [3.63, 3.8) is 0 Å². The number of ether oxygens (including phenoxy) is 1. The Labute approximate surface area is 164 Å². The van der Waals surface area contributed by atoms with Crippen molar-refractivity contribution in [2.24, 2.45) is 0 Å². The molecule has 0 saturated heterocycles. The van der Waals surface area contributed by atoms with E-state index in [1.807, 2.05) is 0 Å². The first-order chi connectivity index (χ1) is 13.6. The van der Waals surface area contributed by atoms with Gasteiger partial charge in [0.05, 0.1) is 11.6 Å². The Morgan fingerprint density at radius 1 is 1.24 bits per heavy atom. The van der Waals surface area contributed by atoms with E-state index in [9.17, 15) is 22.8 Å². The summed E-state index contributed by atoms with van der Waals surface area (Å²) >= 11 is 5.84. The Bertz CT molecular complexity index is 1240. The van der Waals surface area contributed by atoms with Crippen molar-refractivity contribution in [1.82, 2.24) is 19.7 Å². The number of hydrogen-bond acceptors (Lipinski definition) is 6. The Balaban J connectivity index is 2.26. The molecule has 0 unspecified atom stereocenters. The lowest BCUT2D eigenvalue weighted by atomic mass is 10.2. The number of aromatic amines is 1. The van der Waals surface area contributed by atoms with E-state index < -0.39 is 28.7 Å². The zero-order chi connectivity index (χ0) is 21.3. The number of alkyl halides is 3. The highest BCUT2D eigenvalue weighted by Gasteiger charge is 2.39. The number of aromatic nitrogens is 4. The van der Waals surface area contributed by atoms with Crippen LogP contribution in [0.2, 0.25) is 5.02 Å². The SMILES string of the molecule is Cc1nc(C(F)(F)F)c(Oc2cc(Cl)cc(C#N)c2)c(=O)n1-c1ccc(=O)[nH]n1. The Kier molecular flexibility index (Phi) is 5.13. The minimum Gasteiger partial charge on any atom is -0.449 e. The lowest BCUT2D eigenvalue weighted by molar-refractivity contribution is -0.142. The predicted molar refractivity (Wildman–Crippen MR) is 94.2 cm³/mol. The van der Waals surface area contributed by atoms with Gasteiger partial charge in [-0.2, -0.15) is 23.5 Å². The van der Waals surface area contributed by atoms with E-state index >= 15 is 0 Å². The van der Waals surface area contributed by atoms with Gasteiger partial charge in [-0.25, -0.2) is 14.6 Å². The zero-order valence-electron chi connectivity index (χ0n) is 14.4. The minimum absolute atomic E-state index is 0.0174. The molecule has 3 aromatic rings. The molecule has 12 heteroatoms. The van der Waals surface area contributed by atoms with E-state index in [4.69, 9.17) is 21.6 Å². The lowest BCUT2D eigenvalue weighted by Gasteiger charge is -2.16. The molecule has 29 heavy (non-hydrogen) atoms. The molecule has 148 valence electrons. The number of H-pyrrole nitrogens is 1. The summed E-state index contributed by atoms with van der Waals surface area (Å²) in [6.45, 7) is 1.17. The molecule has 0 saturated carbocycles. The maximum atomic E-state index is 13.5. The van der Waals surface area contributed by atoms with E-state index in [2.05, 4.69) is 15.2 Å². The van der Waals surface area contributed by atoms with Crippen molar-refractivity contribution in [3.05, 3.63) is 73.1 Å². The fourth-order valence-electron chi connectivity index (χ4n) is 2.43. The zero-order valence-corrected chi connectivity index (χ0v) is 15.2. The van der Waals surface area contributed by atoms with Gasteiger partial charge in [0.25, 0.3) is 5.56 Å². The van der Waals surface area contributed by atoms with Crippen molar-refractivity contribution in [2.45, 2.75) is 13.1 Å². The van der Waals surface area contributed by atoms with Crippen molar-refractivity contribution in [2.75, 3.05) is 0 Å². The average Bonchev–Trinajstić information content (AvgIpc) is 2.64. The van der Waals surface area contributed by atoms with Gasteiger partial charge in [-0.1, -0.05) is 11.6 Å². The van der Waals surface area contributed by atoms with Gasteiger partial charge in [-0.3, -0.25) is 9.59 Å². The summed E-state index contributed by atoms with van der Waals surface area (Å²) in [5.41, 5.74) is -3.33. The van der Waals surface area contributed by atoms with Crippen LogP contribution in [0.1, 0.15) is 17.1 Å². The van der Waals surface area contributed by atoms with Crippen LogP contribution in [0.15, 0.2) is 39.9 Å². The molecular weight excluding hydrogens is 415 g/mol. The fraction of sp³-hybridized carbons (Fsp3) is 0.118. The molecule has 0 radical (unpaired) electrons. The maximum Gasteiger partial charge on any atom is 0.437 e. The number of nitriles is 1. The van der Waals surface area contributed by atoms with Gasteiger partial charge < -0.3 is 4.74 Å². The van der Waals surface area contributed by atoms with Crippen molar-refractivity contribution in [3.8, 4) is 23.4 Å². The number of nitrogens with one attached hydrogen (secondary N) is 1. The van der Waals surface area contributed by atoms with Crippen LogP contribution in [0.5, 0.6) is 11.5 Å². The molecule has 0 aliphatic rings. The minimum atomic E-state index is -5.01. The maximum absolute atomic E-state index is 13.5. The Hall–Kier alpha value is -3.65. The highest BCUT2D eigenvalue weighted by atomic mass is 35.5. The fourth-order valence-corrected chi connectivity index (χ4v) is 2.66. The molecule has 0 aliphatic carbocycles. The number of halogens is 4. The van der Waals surface area contributed by atoms with Crippen molar-refractivity contribution >= 4 is 11.6 Å². The summed E-state index contributed by atoms with van der Waals surface area (Å²) in [4.78, 5) is 27.5. The largest absolute Gasteiger partial charge is 0.449 e. The smallest absolute Gasteiger partial charge is 0.437 e. The first kappa shape index (κ1) is 20.1. The molecule has 0 aliphatic heterocycles. The molecule has 0 atom stereocenters. The highest BCUT2D eigenvalue weighted by Crippen LogP contribution is 2.35. The van der Waals surface area contributed by atoms with Gasteiger partial charge in [0.15, 0.2) is 11.5 Å². The van der Waals surface area contributed by atoms with Gasteiger partial charge in [0, 0.05) is 11.1 Å². The van der Waals surface area contributed by atoms with E-state index in [0.29, 0.717) is 0 Å². The summed E-state index contributed by atoms with van der Waals surface area (Å²) in [5.74, 6) is -1.90. The number of benzene rings is 1. The van der Waals surface area contributed by atoms with E-state index in [0.717, 1.165) is 28.8 Å².